The number of hydrogen-bond donors (Lipinski definition) is 2. The zero-order valence-corrected chi connectivity index (χ0v) is 10.1. The third-order valence-electron chi connectivity index (χ3n) is 3.53. The highest BCUT2D eigenvalue weighted by Crippen LogP contribution is 2.40. The third-order valence-corrected chi connectivity index (χ3v) is 3.53. The highest BCUT2D eigenvalue weighted by atomic mass is 16.5. The third kappa shape index (κ3) is 2.29. The smallest absolute Gasteiger partial charge is 0.119 e. The van der Waals surface area contributed by atoms with E-state index in [4.69, 9.17) is 15.2 Å². The Morgan fingerprint density at radius 2 is 2.41 bits per heavy atom. The van der Waals surface area contributed by atoms with Crippen molar-refractivity contribution in [2.45, 2.75) is 12.5 Å². The minimum absolute atomic E-state index is 0.355. The summed E-state index contributed by atoms with van der Waals surface area (Å²) in [6, 6.07) is 7.47. The largest absolute Gasteiger partial charge is 0.497 e. The van der Waals surface area contributed by atoms with Crippen LogP contribution in [0.2, 0.25) is 0 Å². The van der Waals surface area contributed by atoms with Gasteiger partial charge >= 0.3 is 0 Å². The Kier molecular flexibility index (Phi) is 3.66. The number of methoxy groups -OCH3 is 1. The maximum absolute atomic E-state index is 10.5. The van der Waals surface area contributed by atoms with Crippen molar-refractivity contribution in [3.63, 3.8) is 0 Å². The molecule has 1 aliphatic heterocycles. The molecule has 1 fully saturated rings. The molecular formula is C13H19NO3. The van der Waals surface area contributed by atoms with Crippen LogP contribution in [0, 0.1) is 5.41 Å². The summed E-state index contributed by atoms with van der Waals surface area (Å²) < 4.78 is 10.5. The summed E-state index contributed by atoms with van der Waals surface area (Å²) in [5, 5.41) is 10.5. The van der Waals surface area contributed by atoms with E-state index in [1.165, 1.54) is 0 Å². The number of benzene rings is 1. The van der Waals surface area contributed by atoms with Crippen LogP contribution in [0.3, 0.4) is 0 Å². The van der Waals surface area contributed by atoms with E-state index < -0.39 is 6.10 Å². The van der Waals surface area contributed by atoms with Gasteiger partial charge in [-0.2, -0.15) is 0 Å². The zero-order valence-electron chi connectivity index (χ0n) is 10.1. The SMILES string of the molecule is COc1cccc(C(O)C2(CN)CCOC2)c1. The predicted molar refractivity (Wildman–Crippen MR) is 64.9 cm³/mol. The van der Waals surface area contributed by atoms with Crippen LogP contribution in [0.4, 0.5) is 0 Å². The summed E-state index contributed by atoms with van der Waals surface area (Å²) in [4.78, 5) is 0. The molecule has 0 amide bonds. The molecule has 0 saturated carbocycles. The monoisotopic (exact) mass is 237 g/mol. The second-order valence-corrected chi connectivity index (χ2v) is 4.55. The molecule has 94 valence electrons. The van der Waals surface area contributed by atoms with Crippen LogP contribution in [0.1, 0.15) is 18.1 Å². The minimum atomic E-state index is -0.606. The highest BCUT2D eigenvalue weighted by Gasteiger charge is 2.41. The molecule has 1 heterocycles. The number of rotatable bonds is 4. The van der Waals surface area contributed by atoms with Crippen molar-refractivity contribution < 1.29 is 14.6 Å². The van der Waals surface area contributed by atoms with Crippen molar-refractivity contribution in [3.05, 3.63) is 29.8 Å². The normalized spacial score (nSPS) is 25.8. The molecule has 17 heavy (non-hydrogen) atoms. The Balaban J connectivity index is 2.25. The molecule has 1 saturated heterocycles. The molecular weight excluding hydrogens is 218 g/mol. The van der Waals surface area contributed by atoms with Gasteiger partial charge in [0.25, 0.3) is 0 Å². The van der Waals surface area contributed by atoms with Crippen LogP contribution in [0.5, 0.6) is 5.75 Å². The van der Waals surface area contributed by atoms with E-state index in [0.717, 1.165) is 17.7 Å². The molecule has 2 rings (SSSR count). The molecule has 4 nitrogen and oxygen atoms in total. The maximum atomic E-state index is 10.5. The Morgan fingerprint density at radius 3 is 3.00 bits per heavy atom. The van der Waals surface area contributed by atoms with Gasteiger partial charge in [-0.25, -0.2) is 0 Å². The van der Waals surface area contributed by atoms with Crippen LogP contribution >= 0.6 is 0 Å². The van der Waals surface area contributed by atoms with Crippen molar-refractivity contribution in [2.75, 3.05) is 26.9 Å². The van der Waals surface area contributed by atoms with Crippen molar-refractivity contribution in [1.29, 1.82) is 0 Å². The first kappa shape index (κ1) is 12.4. The lowest BCUT2D eigenvalue weighted by atomic mass is 9.78. The van der Waals surface area contributed by atoms with E-state index in [9.17, 15) is 5.11 Å². The molecule has 2 atom stereocenters. The molecule has 0 bridgehead atoms. The van der Waals surface area contributed by atoms with Crippen molar-refractivity contribution >= 4 is 0 Å². The van der Waals surface area contributed by atoms with Crippen LogP contribution in [0.15, 0.2) is 24.3 Å². The van der Waals surface area contributed by atoms with Gasteiger partial charge in [0.1, 0.15) is 5.75 Å². The van der Waals surface area contributed by atoms with Crippen molar-refractivity contribution in [1.82, 2.24) is 0 Å². The van der Waals surface area contributed by atoms with Gasteiger partial charge in [-0.05, 0) is 24.1 Å². The number of nitrogens with two attached hydrogens (primary N) is 1. The maximum Gasteiger partial charge on any atom is 0.119 e. The lowest BCUT2D eigenvalue weighted by Crippen LogP contribution is -2.37. The first-order valence-corrected chi connectivity index (χ1v) is 5.82. The molecule has 3 N–H and O–H groups in total. The number of hydrogen-bond acceptors (Lipinski definition) is 4. The summed E-state index contributed by atoms with van der Waals surface area (Å²) in [7, 11) is 1.61. The second-order valence-electron chi connectivity index (χ2n) is 4.55. The fraction of sp³-hybridized carbons (Fsp3) is 0.538. The van der Waals surface area contributed by atoms with Crippen LogP contribution < -0.4 is 10.5 Å². The topological polar surface area (TPSA) is 64.7 Å². The van der Waals surface area contributed by atoms with Gasteiger partial charge in [0.2, 0.25) is 0 Å². The molecule has 4 heteroatoms. The predicted octanol–water partition coefficient (Wildman–Crippen LogP) is 1.09. The Hall–Kier alpha value is -1.10. The molecule has 1 aliphatic rings. The molecule has 1 aromatic rings. The van der Waals surface area contributed by atoms with Gasteiger partial charge in [0, 0.05) is 18.6 Å². The summed E-state index contributed by atoms with van der Waals surface area (Å²) in [6.45, 7) is 1.60. The Labute approximate surface area is 101 Å². The van der Waals surface area contributed by atoms with Crippen molar-refractivity contribution in [3.8, 4) is 5.75 Å². The van der Waals surface area contributed by atoms with Gasteiger partial charge in [-0.15, -0.1) is 0 Å². The van der Waals surface area contributed by atoms with E-state index >= 15 is 0 Å². The van der Waals surface area contributed by atoms with E-state index in [-0.39, 0.29) is 5.41 Å². The van der Waals surface area contributed by atoms with Crippen molar-refractivity contribution in [2.24, 2.45) is 11.1 Å². The highest BCUT2D eigenvalue weighted by molar-refractivity contribution is 5.31. The molecule has 1 aromatic carbocycles. The fourth-order valence-corrected chi connectivity index (χ4v) is 2.28. The molecule has 0 aliphatic carbocycles. The number of aliphatic hydroxyl groups excluding tert-OH is 1. The standard InChI is InChI=1S/C13H19NO3/c1-16-11-4-2-3-10(7-11)12(15)13(8-14)5-6-17-9-13/h2-4,7,12,15H,5-6,8-9,14H2,1H3. The molecule has 0 radical (unpaired) electrons. The average Bonchev–Trinajstić information content (AvgIpc) is 2.88. The van der Waals surface area contributed by atoms with Gasteiger partial charge in [0.05, 0.1) is 19.8 Å². The van der Waals surface area contributed by atoms with Gasteiger partial charge < -0.3 is 20.3 Å². The number of aliphatic hydroxyl groups is 1. The minimum Gasteiger partial charge on any atom is -0.497 e. The van der Waals surface area contributed by atoms with Crippen LogP contribution in [0.25, 0.3) is 0 Å². The van der Waals surface area contributed by atoms with Gasteiger partial charge in [-0.3, -0.25) is 0 Å². The summed E-state index contributed by atoms with van der Waals surface area (Å²) in [5.41, 5.74) is 6.29. The van der Waals surface area contributed by atoms with Gasteiger partial charge in [-0.1, -0.05) is 12.1 Å². The van der Waals surface area contributed by atoms with E-state index in [0.29, 0.717) is 19.8 Å². The number of ether oxygens (including phenoxy) is 2. The van der Waals surface area contributed by atoms with Crippen LogP contribution in [-0.4, -0.2) is 32.0 Å². The first-order chi connectivity index (χ1) is 8.22. The molecule has 0 aromatic heterocycles. The second kappa shape index (κ2) is 5.04. The van der Waals surface area contributed by atoms with Gasteiger partial charge in [0.15, 0.2) is 0 Å². The van der Waals surface area contributed by atoms with Crippen LogP contribution in [-0.2, 0) is 4.74 Å². The van der Waals surface area contributed by atoms with E-state index in [1.54, 1.807) is 7.11 Å². The summed E-state index contributed by atoms with van der Waals surface area (Å²) in [6.07, 6.45) is 0.187. The van der Waals surface area contributed by atoms with E-state index in [1.807, 2.05) is 24.3 Å². The quantitative estimate of drug-likeness (QED) is 0.823. The lowest BCUT2D eigenvalue weighted by molar-refractivity contribution is 0.0189. The molecule has 0 spiro atoms. The zero-order chi connectivity index (χ0) is 12.3. The Morgan fingerprint density at radius 1 is 1.59 bits per heavy atom. The first-order valence-electron chi connectivity index (χ1n) is 5.82. The summed E-state index contributed by atoms with van der Waals surface area (Å²) in [5.74, 6) is 0.743. The van der Waals surface area contributed by atoms with E-state index in [2.05, 4.69) is 0 Å². The molecule has 2 unspecified atom stereocenters. The fourth-order valence-electron chi connectivity index (χ4n) is 2.28. The Bertz CT molecular complexity index is 375. The lowest BCUT2D eigenvalue weighted by Gasteiger charge is -2.31. The average molecular weight is 237 g/mol. The summed E-state index contributed by atoms with van der Waals surface area (Å²) >= 11 is 0.